The molecule has 0 radical (unpaired) electrons. The average molecular weight is 377 g/mol. The number of nitrogens with one attached hydrogen (secondary N) is 2. The molecule has 2 aliphatic heterocycles. The monoisotopic (exact) mass is 377 g/mol. The third-order valence-corrected chi connectivity index (χ3v) is 4.79. The van der Waals surface area contributed by atoms with Crippen molar-refractivity contribution in [2.24, 2.45) is 0 Å². The number of amides is 2. The highest BCUT2D eigenvalue weighted by atomic mass is 16.6. The molecule has 9 heteroatoms. The molecule has 1 unspecified atom stereocenters. The van der Waals surface area contributed by atoms with Gasteiger partial charge in [0.25, 0.3) is 5.91 Å². The summed E-state index contributed by atoms with van der Waals surface area (Å²) in [6, 6.07) is 1.67. The number of likely N-dealkylation sites (tertiary alicyclic amines) is 1. The minimum atomic E-state index is -0.292. The Morgan fingerprint density at radius 2 is 2.11 bits per heavy atom. The van der Waals surface area contributed by atoms with E-state index in [1.54, 1.807) is 17.9 Å². The summed E-state index contributed by atoms with van der Waals surface area (Å²) in [5.41, 5.74) is 0.327. The maximum atomic E-state index is 12.5. The van der Waals surface area contributed by atoms with E-state index in [0.29, 0.717) is 50.6 Å². The number of anilines is 1. The number of hydrogen-bond donors (Lipinski definition) is 2. The van der Waals surface area contributed by atoms with Gasteiger partial charge in [0.05, 0.1) is 12.7 Å². The highest BCUT2D eigenvalue weighted by molar-refractivity contribution is 5.93. The molecule has 0 aromatic carbocycles. The fourth-order valence-corrected chi connectivity index (χ4v) is 3.28. The maximum Gasteiger partial charge on any atom is 0.409 e. The van der Waals surface area contributed by atoms with E-state index in [4.69, 9.17) is 9.47 Å². The molecule has 3 heterocycles. The van der Waals surface area contributed by atoms with Crippen LogP contribution in [0.4, 0.5) is 10.6 Å². The van der Waals surface area contributed by atoms with Crippen LogP contribution in [-0.4, -0.2) is 71.9 Å². The highest BCUT2D eigenvalue weighted by Gasteiger charge is 2.25. The van der Waals surface area contributed by atoms with Crippen LogP contribution in [0.15, 0.2) is 12.4 Å². The minimum Gasteiger partial charge on any atom is -0.450 e. The van der Waals surface area contributed by atoms with Crippen LogP contribution in [0.25, 0.3) is 0 Å². The zero-order chi connectivity index (χ0) is 19.1. The largest absolute Gasteiger partial charge is 0.450 e. The lowest BCUT2D eigenvalue weighted by Crippen LogP contribution is -2.46. The molecule has 2 saturated heterocycles. The van der Waals surface area contributed by atoms with E-state index in [9.17, 15) is 9.59 Å². The molecule has 2 fully saturated rings. The molecule has 27 heavy (non-hydrogen) atoms. The Labute approximate surface area is 158 Å². The minimum absolute atomic E-state index is 0.0152. The van der Waals surface area contributed by atoms with Crippen LogP contribution in [0.2, 0.25) is 0 Å². The molecule has 0 aliphatic carbocycles. The fraction of sp³-hybridized carbons (Fsp3) is 0.667. The van der Waals surface area contributed by atoms with Crippen molar-refractivity contribution in [2.45, 2.75) is 44.8 Å². The SMILES string of the molecule is CCOC(=O)N1CCC(NC(=O)c2cc(NCC3CCCO3)ncn2)CC1. The number of carbonyl (C=O) groups is 2. The molecule has 3 rings (SSSR count). The van der Waals surface area contributed by atoms with Crippen molar-refractivity contribution in [3.8, 4) is 0 Å². The van der Waals surface area contributed by atoms with Crippen LogP contribution in [0.3, 0.4) is 0 Å². The Bertz CT molecular complexity index is 642. The molecule has 0 spiro atoms. The second kappa shape index (κ2) is 9.50. The molecule has 2 amide bonds. The number of rotatable bonds is 6. The summed E-state index contributed by atoms with van der Waals surface area (Å²) < 4.78 is 10.6. The van der Waals surface area contributed by atoms with E-state index in [0.717, 1.165) is 19.4 Å². The van der Waals surface area contributed by atoms with E-state index < -0.39 is 0 Å². The quantitative estimate of drug-likeness (QED) is 0.772. The van der Waals surface area contributed by atoms with E-state index in [1.165, 1.54) is 6.33 Å². The number of ether oxygens (including phenoxy) is 2. The second-order valence-electron chi connectivity index (χ2n) is 6.74. The summed E-state index contributed by atoms with van der Waals surface area (Å²) in [5, 5.41) is 6.19. The predicted octanol–water partition coefficient (Wildman–Crippen LogP) is 1.42. The van der Waals surface area contributed by atoms with Gasteiger partial charge in [-0.05, 0) is 32.6 Å². The summed E-state index contributed by atoms with van der Waals surface area (Å²) in [7, 11) is 0. The first-order chi connectivity index (χ1) is 13.2. The van der Waals surface area contributed by atoms with Gasteiger partial charge in [-0.2, -0.15) is 0 Å². The van der Waals surface area contributed by atoms with E-state index in [1.807, 2.05) is 0 Å². The first-order valence-corrected chi connectivity index (χ1v) is 9.55. The first kappa shape index (κ1) is 19.3. The summed E-state index contributed by atoms with van der Waals surface area (Å²) >= 11 is 0. The molecule has 1 atom stereocenters. The first-order valence-electron chi connectivity index (χ1n) is 9.55. The number of aromatic nitrogens is 2. The topological polar surface area (TPSA) is 106 Å². The van der Waals surface area contributed by atoms with Crippen molar-refractivity contribution in [2.75, 3.05) is 38.2 Å². The molecule has 2 N–H and O–H groups in total. The van der Waals surface area contributed by atoms with E-state index in [2.05, 4.69) is 20.6 Å². The zero-order valence-corrected chi connectivity index (χ0v) is 15.6. The number of piperidine rings is 1. The summed E-state index contributed by atoms with van der Waals surface area (Å²) in [4.78, 5) is 34.1. The Morgan fingerprint density at radius 1 is 1.30 bits per heavy atom. The van der Waals surface area contributed by atoms with Crippen LogP contribution in [0.5, 0.6) is 0 Å². The van der Waals surface area contributed by atoms with Gasteiger partial charge < -0.3 is 25.0 Å². The normalized spacial score (nSPS) is 20.3. The number of hydrogen-bond acceptors (Lipinski definition) is 7. The third kappa shape index (κ3) is 5.53. The molecule has 0 saturated carbocycles. The average Bonchev–Trinajstić information content (AvgIpc) is 3.21. The molecule has 148 valence electrons. The van der Waals surface area contributed by atoms with Gasteiger partial charge in [0.2, 0.25) is 0 Å². The molecule has 1 aromatic rings. The van der Waals surface area contributed by atoms with Crippen molar-refractivity contribution in [3.05, 3.63) is 18.1 Å². The lowest BCUT2D eigenvalue weighted by Gasteiger charge is -2.31. The van der Waals surface area contributed by atoms with Crippen molar-refractivity contribution >= 4 is 17.8 Å². The van der Waals surface area contributed by atoms with Gasteiger partial charge in [-0.15, -0.1) is 0 Å². The Balaban J connectivity index is 1.46. The Kier molecular flexibility index (Phi) is 6.80. The standard InChI is InChI=1S/C18H27N5O4/c1-2-26-18(25)23-7-5-13(6-8-23)22-17(24)15-10-16(21-12-20-15)19-11-14-4-3-9-27-14/h10,12-14H,2-9,11H2,1H3,(H,22,24)(H,19,20,21). The second-order valence-corrected chi connectivity index (χ2v) is 6.74. The van der Waals surface area contributed by atoms with Gasteiger partial charge in [0.1, 0.15) is 17.8 Å². The number of carbonyl (C=O) groups excluding carboxylic acids is 2. The van der Waals surface area contributed by atoms with Crippen LogP contribution in [0, 0.1) is 0 Å². The van der Waals surface area contributed by atoms with E-state index in [-0.39, 0.29) is 24.1 Å². The van der Waals surface area contributed by atoms with Gasteiger partial charge in [-0.1, -0.05) is 0 Å². The smallest absolute Gasteiger partial charge is 0.409 e. The summed E-state index contributed by atoms with van der Waals surface area (Å²) in [5.74, 6) is 0.384. The van der Waals surface area contributed by atoms with Gasteiger partial charge in [0.15, 0.2) is 0 Å². The van der Waals surface area contributed by atoms with Crippen LogP contribution in [-0.2, 0) is 9.47 Å². The molecule has 1 aromatic heterocycles. The third-order valence-electron chi connectivity index (χ3n) is 4.79. The highest BCUT2D eigenvalue weighted by Crippen LogP contribution is 2.14. The lowest BCUT2D eigenvalue weighted by molar-refractivity contribution is 0.0856. The summed E-state index contributed by atoms with van der Waals surface area (Å²) in [6.45, 7) is 4.77. The fourth-order valence-electron chi connectivity index (χ4n) is 3.28. The van der Waals surface area contributed by atoms with Crippen molar-refractivity contribution < 1.29 is 19.1 Å². The van der Waals surface area contributed by atoms with Gasteiger partial charge in [-0.3, -0.25) is 4.79 Å². The van der Waals surface area contributed by atoms with Gasteiger partial charge in [-0.25, -0.2) is 14.8 Å². The van der Waals surface area contributed by atoms with E-state index >= 15 is 0 Å². The molecular weight excluding hydrogens is 350 g/mol. The van der Waals surface area contributed by atoms with Crippen LogP contribution in [0.1, 0.15) is 43.1 Å². The maximum absolute atomic E-state index is 12.5. The zero-order valence-electron chi connectivity index (χ0n) is 15.6. The Morgan fingerprint density at radius 3 is 2.81 bits per heavy atom. The molecule has 0 bridgehead atoms. The van der Waals surface area contributed by atoms with Crippen LogP contribution < -0.4 is 10.6 Å². The molecule has 9 nitrogen and oxygen atoms in total. The molecular formula is C18H27N5O4. The lowest BCUT2D eigenvalue weighted by atomic mass is 10.1. The van der Waals surface area contributed by atoms with Crippen molar-refractivity contribution in [1.82, 2.24) is 20.2 Å². The van der Waals surface area contributed by atoms with Gasteiger partial charge in [0, 0.05) is 38.3 Å². The Hall–Kier alpha value is -2.42. The van der Waals surface area contributed by atoms with Crippen molar-refractivity contribution in [1.29, 1.82) is 0 Å². The molecule has 2 aliphatic rings. The summed E-state index contributed by atoms with van der Waals surface area (Å²) in [6.07, 6.45) is 4.80. The van der Waals surface area contributed by atoms with Crippen molar-refractivity contribution in [3.63, 3.8) is 0 Å². The van der Waals surface area contributed by atoms with Gasteiger partial charge >= 0.3 is 6.09 Å². The predicted molar refractivity (Wildman–Crippen MR) is 98.6 cm³/mol. The van der Waals surface area contributed by atoms with Crippen LogP contribution >= 0.6 is 0 Å². The number of nitrogens with zero attached hydrogens (tertiary/aromatic N) is 3.